The van der Waals surface area contributed by atoms with Crippen molar-refractivity contribution in [3.8, 4) is 55.6 Å². The molecular formula is C47H36N2OPtSSe. The van der Waals surface area contributed by atoms with Gasteiger partial charge in [0, 0.05) is 4.88 Å². The van der Waals surface area contributed by atoms with Crippen molar-refractivity contribution in [1.29, 1.82) is 0 Å². The van der Waals surface area contributed by atoms with Crippen LogP contribution in [-0.2, 0) is 21.1 Å². The van der Waals surface area contributed by atoms with E-state index in [9.17, 15) is 0 Å². The summed E-state index contributed by atoms with van der Waals surface area (Å²) in [6.07, 6.45) is 3.86. The van der Waals surface area contributed by atoms with E-state index in [1.54, 1.807) is 0 Å². The fourth-order valence-electron chi connectivity index (χ4n) is 7.86. The van der Waals surface area contributed by atoms with Crippen LogP contribution in [0.3, 0.4) is 0 Å². The molecule has 262 valence electrons. The van der Waals surface area contributed by atoms with Gasteiger partial charge in [0.1, 0.15) is 0 Å². The molecule has 0 saturated heterocycles. The molecule has 0 saturated carbocycles. The molecule has 0 unspecified atom stereocenters. The summed E-state index contributed by atoms with van der Waals surface area (Å²) in [5.74, 6) is 1.29. The van der Waals surface area contributed by atoms with Gasteiger partial charge < -0.3 is 0 Å². The van der Waals surface area contributed by atoms with Gasteiger partial charge in [0.2, 0.25) is 0 Å². The third kappa shape index (κ3) is 6.18. The smallest absolute Gasteiger partial charge is 2.00 e. The van der Waals surface area contributed by atoms with Crippen molar-refractivity contribution in [2.45, 2.75) is 48.5 Å². The molecule has 6 heteroatoms. The van der Waals surface area contributed by atoms with Gasteiger partial charge in [-0.1, -0.05) is 17.7 Å². The number of rotatable bonds is 5. The van der Waals surface area contributed by atoms with E-state index in [2.05, 4.69) is 127 Å². The summed E-state index contributed by atoms with van der Waals surface area (Å²) in [6.45, 7) is 15.2. The largest absolute Gasteiger partial charge is 2.00 e. The van der Waals surface area contributed by atoms with E-state index in [-0.39, 0.29) is 36.0 Å². The van der Waals surface area contributed by atoms with E-state index in [1.807, 2.05) is 35.9 Å². The van der Waals surface area contributed by atoms with Crippen molar-refractivity contribution in [2.24, 2.45) is 0 Å². The number of hydrogen-bond donors (Lipinski definition) is 0. The van der Waals surface area contributed by atoms with Gasteiger partial charge in [-0.05, 0) is 56.0 Å². The van der Waals surface area contributed by atoms with Crippen LogP contribution < -0.4 is 13.7 Å². The van der Waals surface area contributed by atoms with Gasteiger partial charge in [0.15, 0.2) is 0 Å². The molecule has 1 aliphatic rings. The average Bonchev–Trinajstić information content (AvgIpc) is 3.43. The Hall–Kier alpha value is -4.37. The second-order valence-corrected chi connectivity index (χ2v) is 17.3. The Kier molecular flexibility index (Phi) is 9.28. The zero-order valence-corrected chi connectivity index (χ0v) is 35.4. The second-order valence-electron chi connectivity index (χ2n) is 14.1. The third-order valence-electron chi connectivity index (χ3n) is 10.1. The van der Waals surface area contributed by atoms with Crippen LogP contribution in [0.25, 0.3) is 64.9 Å². The minimum Gasteiger partial charge on any atom is 2.00 e. The monoisotopic (exact) mass is 951 g/mol. The molecule has 8 aromatic rings. The van der Waals surface area contributed by atoms with Crippen LogP contribution >= 0.6 is 11.3 Å². The minimum absolute atomic E-state index is 0. The van der Waals surface area contributed by atoms with Crippen LogP contribution in [0, 0.1) is 60.6 Å². The SMILES string of the molecule is Cc1cc(Oc2[c-]c(-c3nccc4c(C)c(-c5c(C)cc(C)cc5C)sc34)cc(C)c2)[c-]c(-c2nccc3c2[Se]c2cccc4c(C)ccc-3c24)c1.[Pt+2]. The topological polar surface area (TPSA) is 35.0 Å². The molecule has 0 aliphatic carbocycles. The van der Waals surface area contributed by atoms with E-state index >= 15 is 0 Å². The third-order valence-corrected chi connectivity index (χ3v) is 13.9. The van der Waals surface area contributed by atoms with E-state index in [4.69, 9.17) is 14.7 Å². The van der Waals surface area contributed by atoms with Crippen molar-refractivity contribution in [3.63, 3.8) is 0 Å². The van der Waals surface area contributed by atoms with Crippen molar-refractivity contribution in [1.82, 2.24) is 9.97 Å². The van der Waals surface area contributed by atoms with Gasteiger partial charge >= 0.3 is 260 Å². The second kappa shape index (κ2) is 13.8. The van der Waals surface area contributed by atoms with Gasteiger partial charge in [0.05, 0.1) is 0 Å². The molecule has 0 spiro atoms. The molecule has 0 amide bonds. The average molecular weight is 951 g/mol. The Bertz CT molecular complexity index is 2760. The van der Waals surface area contributed by atoms with Crippen LogP contribution in [0.15, 0.2) is 91.3 Å². The summed E-state index contributed by atoms with van der Waals surface area (Å²) in [4.78, 5) is 11.2. The number of aryl methyl sites for hydroxylation is 7. The Morgan fingerprint density at radius 1 is 0.623 bits per heavy atom. The van der Waals surface area contributed by atoms with Crippen molar-refractivity contribution < 1.29 is 25.8 Å². The maximum atomic E-state index is 6.62. The summed E-state index contributed by atoms with van der Waals surface area (Å²) >= 11 is 1.92. The van der Waals surface area contributed by atoms with E-state index in [0.717, 1.165) is 33.6 Å². The quantitative estimate of drug-likeness (QED) is 0.127. The van der Waals surface area contributed by atoms with Gasteiger partial charge in [-0.2, -0.15) is 0 Å². The fourth-order valence-corrected chi connectivity index (χ4v) is 11.9. The first kappa shape index (κ1) is 35.6. The molecular weight excluding hydrogens is 915 g/mol. The molecule has 4 heterocycles. The molecule has 0 atom stereocenters. The maximum absolute atomic E-state index is 6.62. The number of fused-ring (bicyclic) bond motifs is 3. The van der Waals surface area contributed by atoms with E-state index in [0.29, 0.717) is 11.5 Å². The van der Waals surface area contributed by atoms with Gasteiger partial charge in [-0.25, -0.2) is 0 Å². The first-order chi connectivity index (χ1) is 25.1. The van der Waals surface area contributed by atoms with Gasteiger partial charge in [0.25, 0.3) is 0 Å². The van der Waals surface area contributed by atoms with Crippen LogP contribution in [0.5, 0.6) is 11.5 Å². The first-order valence-corrected chi connectivity index (χ1v) is 20.1. The number of ether oxygens (including phenoxy) is 1. The van der Waals surface area contributed by atoms with Crippen LogP contribution in [0.2, 0.25) is 0 Å². The minimum atomic E-state index is 0. The predicted molar refractivity (Wildman–Crippen MR) is 219 cm³/mol. The number of benzene rings is 5. The number of thiophene rings is 1. The number of hydrogen-bond acceptors (Lipinski definition) is 4. The molecule has 1 aliphatic heterocycles. The molecule has 0 bridgehead atoms. The summed E-state index contributed by atoms with van der Waals surface area (Å²) in [6, 6.07) is 35.7. The standard InChI is InChI=1S/C47H36N2OSSe.Pt/c1-25-17-29(5)41(30(6)18-25)45-31(7)37-13-15-48-43(46(37)51-45)32-19-26(2)21-34(23-32)50-35-22-27(3)20-33(24-35)44-47-39(14-16-49-44)38-12-11-28(4)36-9-8-10-40(52-47)42(36)38;/h8-22H,1-7H3;/q-2;+2. The molecule has 9 rings (SSSR count). The van der Waals surface area contributed by atoms with Crippen LogP contribution in [0.4, 0.5) is 0 Å². The molecule has 0 N–H and O–H groups in total. The van der Waals surface area contributed by atoms with Crippen molar-refractivity contribution in [2.75, 3.05) is 0 Å². The molecule has 53 heavy (non-hydrogen) atoms. The normalized spacial score (nSPS) is 11.8. The zero-order chi connectivity index (χ0) is 35.8. The molecule has 0 fully saturated rings. The number of aromatic nitrogens is 2. The fraction of sp³-hybridized carbons (Fsp3) is 0.149. The van der Waals surface area contributed by atoms with E-state index in [1.165, 1.54) is 79.2 Å². The van der Waals surface area contributed by atoms with Gasteiger partial charge in [-0.15, -0.1) is 0 Å². The number of nitrogens with zero attached hydrogens (tertiary/aromatic N) is 2. The van der Waals surface area contributed by atoms with Crippen molar-refractivity contribution >= 4 is 56.1 Å². The zero-order valence-electron chi connectivity index (χ0n) is 30.6. The van der Waals surface area contributed by atoms with Crippen LogP contribution in [0.1, 0.15) is 38.9 Å². The summed E-state index contributed by atoms with van der Waals surface area (Å²) in [5, 5.41) is 3.95. The Balaban J connectivity index is 0.00000400. The molecule has 5 aromatic carbocycles. The predicted octanol–water partition coefficient (Wildman–Crippen LogP) is 11.0. The molecule has 3 aromatic heterocycles. The summed E-state index contributed by atoms with van der Waals surface area (Å²) < 4.78 is 10.5. The molecule has 0 radical (unpaired) electrons. The summed E-state index contributed by atoms with van der Waals surface area (Å²) in [5.41, 5.74) is 16.3. The van der Waals surface area contributed by atoms with Gasteiger partial charge in [-0.3, -0.25) is 0 Å². The van der Waals surface area contributed by atoms with Crippen molar-refractivity contribution in [3.05, 3.63) is 142 Å². The van der Waals surface area contributed by atoms with Crippen LogP contribution in [-0.4, -0.2) is 24.9 Å². The Morgan fingerprint density at radius 3 is 1.98 bits per heavy atom. The Labute approximate surface area is 335 Å². The number of pyridine rings is 2. The summed E-state index contributed by atoms with van der Waals surface area (Å²) in [7, 11) is 0. The first-order valence-electron chi connectivity index (χ1n) is 17.6. The Morgan fingerprint density at radius 2 is 1.26 bits per heavy atom. The molecule has 3 nitrogen and oxygen atoms in total. The van der Waals surface area contributed by atoms with E-state index < -0.39 is 0 Å². The maximum Gasteiger partial charge on any atom is 2.00 e.